The Morgan fingerprint density at radius 3 is 2.53 bits per heavy atom. The van der Waals surface area contributed by atoms with Crippen molar-refractivity contribution < 1.29 is 5.11 Å². The van der Waals surface area contributed by atoms with Crippen LogP contribution >= 0.6 is 11.6 Å². The molecule has 0 saturated carbocycles. The number of hydrogen-bond donors (Lipinski definition) is 1. The molecule has 0 bridgehead atoms. The predicted octanol–water partition coefficient (Wildman–Crippen LogP) is 0.949. The molecule has 5 heteroatoms. The van der Waals surface area contributed by atoms with Gasteiger partial charge in [0.1, 0.15) is 0 Å². The largest absolute Gasteiger partial charge is 0.388 e. The van der Waals surface area contributed by atoms with Crippen LogP contribution in [-0.4, -0.2) is 38.5 Å². The Bertz CT molecular complexity index is 378. The molecular weight excluding hydrogens is 214 g/mol. The fourth-order valence-electron chi connectivity index (χ4n) is 2.09. The summed E-state index contributed by atoms with van der Waals surface area (Å²) < 4.78 is 1.81. The summed E-state index contributed by atoms with van der Waals surface area (Å²) in [6.45, 7) is 5.91. The Balaban J connectivity index is 2.06. The second-order valence-electron chi connectivity index (χ2n) is 4.61. The number of likely N-dealkylation sites (tertiary alicyclic amines) is 1. The average molecular weight is 230 g/mol. The lowest BCUT2D eigenvalue weighted by Gasteiger charge is -2.44. The van der Waals surface area contributed by atoms with Gasteiger partial charge in [-0.3, -0.25) is 9.58 Å². The maximum absolute atomic E-state index is 9.61. The van der Waals surface area contributed by atoms with Gasteiger partial charge in [0.05, 0.1) is 22.0 Å². The van der Waals surface area contributed by atoms with Crippen molar-refractivity contribution in [2.45, 2.75) is 26.0 Å². The van der Waals surface area contributed by atoms with Gasteiger partial charge >= 0.3 is 0 Å². The summed E-state index contributed by atoms with van der Waals surface area (Å²) in [6.07, 6.45) is 0. The molecule has 0 amide bonds. The number of halogens is 1. The maximum Gasteiger partial charge on any atom is 0.0872 e. The lowest BCUT2D eigenvalue weighted by atomic mass is 9.97. The van der Waals surface area contributed by atoms with Crippen molar-refractivity contribution in [3.63, 3.8) is 0 Å². The van der Waals surface area contributed by atoms with Gasteiger partial charge in [0.2, 0.25) is 0 Å². The third kappa shape index (κ3) is 2.02. The Labute approximate surface area is 94.4 Å². The molecule has 0 atom stereocenters. The number of rotatable bonds is 2. The van der Waals surface area contributed by atoms with E-state index in [1.165, 1.54) is 0 Å². The number of hydrogen-bond acceptors (Lipinski definition) is 3. The van der Waals surface area contributed by atoms with Gasteiger partial charge in [0, 0.05) is 26.7 Å². The minimum absolute atomic E-state index is 0.528. The summed E-state index contributed by atoms with van der Waals surface area (Å²) in [5, 5.41) is 14.6. The van der Waals surface area contributed by atoms with E-state index in [9.17, 15) is 5.11 Å². The molecule has 0 unspecified atom stereocenters. The SMILES string of the molecule is Cc1nn(C)c(CN2CC(C)(O)C2)c1Cl. The summed E-state index contributed by atoms with van der Waals surface area (Å²) >= 11 is 6.14. The molecular formula is C10H16ClN3O. The normalized spacial score (nSPS) is 20.3. The van der Waals surface area contributed by atoms with Crippen LogP contribution in [0.15, 0.2) is 0 Å². The van der Waals surface area contributed by atoms with Crippen LogP contribution in [0.25, 0.3) is 0 Å². The smallest absolute Gasteiger partial charge is 0.0872 e. The lowest BCUT2D eigenvalue weighted by molar-refractivity contribution is -0.0879. The van der Waals surface area contributed by atoms with E-state index in [0.29, 0.717) is 13.1 Å². The molecule has 2 rings (SSSR count). The van der Waals surface area contributed by atoms with E-state index in [-0.39, 0.29) is 0 Å². The topological polar surface area (TPSA) is 41.3 Å². The molecule has 1 saturated heterocycles. The number of aliphatic hydroxyl groups is 1. The number of nitrogens with zero attached hydrogens (tertiary/aromatic N) is 3. The Morgan fingerprint density at radius 2 is 2.13 bits per heavy atom. The third-order valence-electron chi connectivity index (χ3n) is 2.76. The molecule has 1 aromatic heterocycles. The summed E-state index contributed by atoms with van der Waals surface area (Å²) in [5.74, 6) is 0. The molecule has 4 nitrogen and oxygen atoms in total. The highest BCUT2D eigenvalue weighted by molar-refractivity contribution is 6.31. The second-order valence-corrected chi connectivity index (χ2v) is 4.99. The zero-order valence-corrected chi connectivity index (χ0v) is 10.0. The van der Waals surface area contributed by atoms with Gasteiger partial charge in [0.15, 0.2) is 0 Å². The maximum atomic E-state index is 9.61. The van der Waals surface area contributed by atoms with Crippen molar-refractivity contribution in [1.29, 1.82) is 0 Å². The van der Waals surface area contributed by atoms with Crippen molar-refractivity contribution in [2.75, 3.05) is 13.1 Å². The van der Waals surface area contributed by atoms with Crippen LogP contribution < -0.4 is 0 Å². The van der Waals surface area contributed by atoms with Crippen molar-refractivity contribution in [2.24, 2.45) is 7.05 Å². The van der Waals surface area contributed by atoms with Crippen molar-refractivity contribution in [3.8, 4) is 0 Å². The average Bonchev–Trinajstić information content (AvgIpc) is 2.29. The van der Waals surface area contributed by atoms with Gasteiger partial charge in [-0.15, -0.1) is 0 Å². The van der Waals surface area contributed by atoms with Gasteiger partial charge in [-0.05, 0) is 13.8 Å². The summed E-state index contributed by atoms with van der Waals surface area (Å²) in [6, 6.07) is 0. The highest BCUT2D eigenvalue weighted by Gasteiger charge is 2.36. The van der Waals surface area contributed by atoms with Crippen LogP contribution in [0.1, 0.15) is 18.3 Å². The van der Waals surface area contributed by atoms with Gasteiger partial charge in [-0.1, -0.05) is 11.6 Å². The zero-order chi connectivity index (χ0) is 11.2. The standard InChI is InChI=1S/C10H16ClN3O/c1-7-9(11)8(13(3)12-7)4-14-5-10(2,15)6-14/h15H,4-6H2,1-3H3. The zero-order valence-electron chi connectivity index (χ0n) is 9.29. The monoisotopic (exact) mass is 229 g/mol. The fraction of sp³-hybridized carbons (Fsp3) is 0.700. The first-order chi connectivity index (χ1) is 6.89. The summed E-state index contributed by atoms with van der Waals surface area (Å²) in [5.41, 5.74) is 1.35. The minimum atomic E-state index is -0.528. The van der Waals surface area contributed by atoms with Crippen LogP contribution in [0.3, 0.4) is 0 Å². The van der Waals surface area contributed by atoms with E-state index in [2.05, 4.69) is 10.00 Å². The molecule has 0 radical (unpaired) electrons. The van der Waals surface area contributed by atoms with Crippen molar-refractivity contribution in [3.05, 3.63) is 16.4 Å². The first-order valence-corrected chi connectivity index (χ1v) is 5.39. The number of aryl methyl sites for hydroxylation is 2. The molecule has 15 heavy (non-hydrogen) atoms. The Morgan fingerprint density at radius 1 is 1.53 bits per heavy atom. The highest BCUT2D eigenvalue weighted by Crippen LogP contribution is 2.26. The van der Waals surface area contributed by atoms with E-state index in [0.717, 1.165) is 23.0 Å². The van der Waals surface area contributed by atoms with E-state index < -0.39 is 5.60 Å². The van der Waals surface area contributed by atoms with Crippen LogP contribution in [0.5, 0.6) is 0 Å². The van der Waals surface area contributed by atoms with Gasteiger partial charge in [-0.25, -0.2) is 0 Å². The summed E-state index contributed by atoms with van der Waals surface area (Å²) in [4.78, 5) is 2.16. The molecule has 1 aromatic rings. The van der Waals surface area contributed by atoms with Gasteiger partial charge < -0.3 is 5.11 Å². The van der Waals surface area contributed by atoms with E-state index in [4.69, 9.17) is 11.6 Å². The van der Waals surface area contributed by atoms with Gasteiger partial charge in [-0.2, -0.15) is 5.10 Å². The Kier molecular flexibility index (Phi) is 2.53. The van der Waals surface area contributed by atoms with E-state index in [1.54, 1.807) is 0 Å². The van der Waals surface area contributed by atoms with E-state index in [1.807, 2.05) is 25.6 Å². The minimum Gasteiger partial charge on any atom is -0.388 e. The first-order valence-electron chi connectivity index (χ1n) is 5.02. The molecule has 84 valence electrons. The molecule has 1 N–H and O–H groups in total. The first kappa shape index (κ1) is 10.9. The van der Waals surface area contributed by atoms with Crippen LogP contribution in [-0.2, 0) is 13.6 Å². The number of aromatic nitrogens is 2. The lowest BCUT2D eigenvalue weighted by Crippen LogP contribution is -2.59. The quantitative estimate of drug-likeness (QED) is 0.821. The highest BCUT2D eigenvalue weighted by atomic mass is 35.5. The molecule has 0 aliphatic carbocycles. The molecule has 1 fully saturated rings. The molecule has 0 spiro atoms. The molecule has 1 aliphatic heterocycles. The van der Waals surface area contributed by atoms with Crippen LogP contribution in [0.2, 0.25) is 5.02 Å². The fourth-order valence-corrected chi connectivity index (χ4v) is 2.31. The van der Waals surface area contributed by atoms with Crippen LogP contribution in [0.4, 0.5) is 0 Å². The van der Waals surface area contributed by atoms with Crippen LogP contribution in [0, 0.1) is 6.92 Å². The summed E-state index contributed by atoms with van der Waals surface area (Å²) in [7, 11) is 1.89. The number of β-amino-alcohol motifs (C(OH)–C–C–N with tert-alkyl or cyclic N) is 1. The predicted molar refractivity (Wildman–Crippen MR) is 58.9 cm³/mol. The third-order valence-corrected chi connectivity index (χ3v) is 3.26. The van der Waals surface area contributed by atoms with Crippen molar-refractivity contribution >= 4 is 11.6 Å². The Hall–Kier alpha value is -0.580. The van der Waals surface area contributed by atoms with Gasteiger partial charge in [0.25, 0.3) is 0 Å². The van der Waals surface area contributed by atoms with Crippen molar-refractivity contribution in [1.82, 2.24) is 14.7 Å². The molecule has 2 heterocycles. The second kappa shape index (κ2) is 3.47. The van der Waals surface area contributed by atoms with E-state index >= 15 is 0 Å². The molecule has 0 aromatic carbocycles. The molecule has 1 aliphatic rings.